The lowest BCUT2D eigenvalue weighted by atomic mass is 9.77. The summed E-state index contributed by atoms with van der Waals surface area (Å²) in [7, 11) is 0. The van der Waals surface area contributed by atoms with Gasteiger partial charge in [-0.15, -0.1) is 0 Å². The van der Waals surface area contributed by atoms with Gasteiger partial charge in [0.1, 0.15) is 5.60 Å². The highest BCUT2D eigenvalue weighted by molar-refractivity contribution is 5.23. The van der Waals surface area contributed by atoms with Crippen molar-refractivity contribution in [1.82, 2.24) is 0 Å². The molecule has 0 aromatic heterocycles. The summed E-state index contributed by atoms with van der Waals surface area (Å²) in [5.41, 5.74) is 0.197. The van der Waals surface area contributed by atoms with Crippen LogP contribution >= 0.6 is 0 Å². The van der Waals surface area contributed by atoms with E-state index < -0.39 is 24.3 Å². The van der Waals surface area contributed by atoms with E-state index in [1.165, 1.54) is 0 Å². The van der Waals surface area contributed by atoms with E-state index in [0.717, 1.165) is 5.57 Å². The Hall–Kier alpha value is -0.420. The molecule has 1 saturated carbocycles. The molecule has 4 rings (SSSR count). The van der Waals surface area contributed by atoms with Gasteiger partial charge < -0.3 is 19.7 Å². The number of hydrogen-bond acceptors (Lipinski definition) is 4. The van der Waals surface area contributed by atoms with Gasteiger partial charge in [-0.05, 0) is 24.8 Å². The third kappa shape index (κ3) is 0.787. The van der Waals surface area contributed by atoms with Crippen molar-refractivity contribution in [3.8, 4) is 0 Å². The lowest BCUT2D eigenvalue weighted by Gasteiger charge is -2.51. The highest BCUT2D eigenvalue weighted by Crippen LogP contribution is 2.57. The van der Waals surface area contributed by atoms with Gasteiger partial charge in [0.2, 0.25) is 0 Å². The van der Waals surface area contributed by atoms with Gasteiger partial charge >= 0.3 is 0 Å². The number of fused-ring (bicyclic) bond motifs is 1. The second kappa shape index (κ2) is 2.39. The minimum atomic E-state index is -0.827. The molecule has 0 amide bonds. The first-order valence-corrected chi connectivity index (χ1v) is 4.92. The molecule has 78 valence electrons. The molecule has 4 nitrogen and oxygen atoms in total. The highest BCUT2D eigenvalue weighted by atomic mass is 16.8. The van der Waals surface area contributed by atoms with Gasteiger partial charge in [0, 0.05) is 5.92 Å². The molecule has 4 fully saturated rings. The zero-order chi connectivity index (χ0) is 10.1. The second-order valence-corrected chi connectivity index (χ2v) is 4.62. The standard InChI is InChI=1S/C10H14O4/c1-4-5-3-6(11)10(2)7(5)8(12)13-9(4)14-10/h5-9,11-12H,1,3H2,2H3/t5-,6+,7-,8-,9+,10+/m1/s1. The van der Waals surface area contributed by atoms with Gasteiger partial charge in [-0.2, -0.15) is 0 Å². The lowest BCUT2D eigenvalue weighted by Crippen LogP contribution is -2.61. The van der Waals surface area contributed by atoms with Crippen LogP contribution < -0.4 is 0 Å². The van der Waals surface area contributed by atoms with Crippen molar-refractivity contribution >= 4 is 0 Å². The van der Waals surface area contributed by atoms with E-state index in [2.05, 4.69) is 6.58 Å². The molecule has 0 aromatic rings. The van der Waals surface area contributed by atoms with E-state index in [9.17, 15) is 10.2 Å². The smallest absolute Gasteiger partial charge is 0.183 e. The SMILES string of the molecule is C=C1[C@H]2O[C@@H](O)[C@H]3[C@@H]1C[C@H](O)[C@]3(C)O2. The molecular formula is C10H14O4. The Kier molecular flexibility index (Phi) is 1.51. The van der Waals surface area contributed by atoms with E-state index in [4.69, 9.17) is 9.47 Å². The van der Waals surface area contributed by atoms with Crippen LogP contribution in [0.4, 0.5) is 0 Å². The monoisotopic (exact) mass is 198 g/mol. The molecule has 3 saturated heterocycles. The normalized spacial score (nSPS) is 60.8. The summed E-state index contributed by atoms with van der Waals surface area (Å²) in [4.78, 5) is 0. The van der Waals surface area contributed by atoms with Crippen molar-refractivity contribution in [2.75, 3.05) is 0 Å². The van der Waals surface area contributed by atoms with Crippen LogP contribution in [-0.4, -0.2) is 34.5 Å². The number of aliphatic hydroxyl groups excluding tert-OH is 2. The van der Waals surface area contributed by atoms with Gasteiger partial charge in [0.15, 0.2) is 12.6 Å². The van der Waals surface area contributed by atoms with E-state index in [-0.39, 0.29) is 11.8 Å². The first-order chi connectivity index (χ1) is 6.54. The third-order valence-electron chi connectivity index (χ3n) is 3.94. The van der Waals surface area contributed by atoms with Crippen LogP contribution in [0.3, 0.4) is 0 Å². The molecule has 4 aliphatic rings. The average Bonchev–Trinajstić information content (AvgIpc) is 2.33. The first-order valence-electron chi connectivity index (χ1n) is 4.92. The summed E-state index contributed by atoms with van der Waals surface area (Å²) >= 11 is 0. The fourth-order valence-corrected chi connectivity index (χ4v) is 3.07. The molecule has 3 heterocycles. The fraction of sp³-hybridized carbons (Fsp3) is 0.800. The second-order valence-electron chi connectivity index (χ2n) is 4.62. The molecule has 6 atom stereocenters. The summed E-state index contributed by atoms with van der Waals surface area (Å²) in [6, 6.07) is 0. The Morgan fingerprint density at radius 3 is 2.86 bits per heavy atom. The number of rotatable bonds is 0. The molecule has 0 aromatic carbocycles. The largest absolute Gasteiger partial charge is 0.390 e. The van der Waals surface area contributed by atoms with Gasteiger partial charge in [-0.3, -0.25) is 0 Å². The zero-order valence-corrected chi connectivity index (χ0v) is 8.01. The number of ether oxygens (including phenoxy) is 2. The maximum absolute atomic E-state index is 9.88. The van der Waals surface area contributed by atoms with Crippen molar-refractivity contribution < 1.29 is 19.7 Å². The minimum absolute atomic E-state index is 0.137. The predicted molar refractivity (Wildman–Crippen MR) is 47.1 cm³/mol. The summed E-state index contributed by atoms with van der Waals surface area (Å²) in [5.74, 6) is -0.0347. The van der Waals surface area contributed by atoms with Crippen LogP contribution in [0.15, 0.2) is 12.2 Å². The summed E-state index contributed by atoms with van der Waals surface area (Å²) in [6.07, 6.45) is -1.27. The maximum Gasteiger partial charge on any atom is 0.183 e. The molecule has 4 bridgehead atoms. The minimum Gasteiger partial charge on any atom is -0.390 e. The van der Waals surface area contributed by atoms with Crippen LogP contribution in [0, 0.1) is 11.8 Å². The molecule has 0 spiro atoms. The Balaban J connectivity index is 2.09. The maximum atomic E-state index is 9.88. The molecule has 4 heteroatoms. The quantitative estimate of drug-likeness (QED) is 0.538. The number of hydrogen-bond donors (Lipinski definition) is 2. The Morgan fingerprint density at radius 1 is 1.50 bits per heavy atom. The predicted octanol–water partition coefficient (Wildman–Crippen LogP) is 0.00320. The average molecular weight is 198 g/mol. The van der Waals surface area contributed by atoms with Gasteiger partial charge in [0.25, 0.3) is 0 Å². The van der Waals surface area contributed by atoms with Crippen LogP contribution in [0.5, 0.6) is 0 Å². The Bertz CT molecular complexity index is 302. The van der Waals surface area contributed by atoms with Gasteiger partial charge in [0.05, 0.1) is 6.10 Å². The van der Waals surface area contributed by atoms with Gasteiger partial charge in [-0.1, -0.05) is 6.58 Å². The van der Waals surface area contributed by atoms with Crippen LogP contribution in [0.1, 0.15) is 13.3 Å². The van der Waals surface area contributed by atoms with E-state index in [0.29, 0.717) is 6.42 Å². The summed E-state index contributed by atoms with van der Waals surface area (Å²) in [6.45, 7) is 5.74. The van der Waals surface area contributed by atoms with Gasteiger partial charge in [-0.25, -0.2) is 0 Å². The molecule has 0 unspecified atom stereocenters. The highest BCUT2D eigenvalue weighted by Gasteiger charge is 2.65. The van der Waals surface area contributed by atoms with E-state index in [1.54, 1.807) is 0 Å². The lowest BCUT2D eigenvalue weighted by molar-refractivity contribution is -0.364. The molecule has 14 heavy (non-hydrogen) atoms. The van der Waals surface area contributed by atoms with Crippen molar-refractivity contribution in [3.05, 3.63) is 12.2 Å². The van der Waals surface area contributed by atoms with Crippen LogP contribution in [0.25, 0.3) is 0 Å². The van der Waals surface area contributed by atoms with Crippen LogP contribution in [-0.2, 0) is 9.47 Å². The molecule has 0 radical (unpaired) electrons. The zero-order valence-electron chi connectivity index (χ0n) is 8.01. The van der Waals surface area contributed by atoms with Crippen LogP contribution in [0.2, 0.25) is 0 Å². The fourth-order valence-electron chi connectivity index (χ4n) is 3.07. The van der Waals surface area contributed by atoms with E-state index in [1.807, 2.05) is 6.92 Å². The van der Waals surface area contributed by atoms with Crippen molar-refractivity contribution in [2.24, 2.45) is 11.8 Å². The van der Waals surface area contributed by atoms with Crippen molar-refractivity contribution in [2.45, 2.75) is 37.6 Å². The Morgan fingerprint density at radius 2 is 2.21 bits per heavy atom. The third-order valence-corrected chi connectivity index (χ3v) is 3.94. The van der Waals surface area contributed by atoms with E-state index >= 15 is 0 Å². The van der Waals surface area contributed by atoms with Crippen molar-refractivity contribution in [3.63, 3.8) is 0 Å². The summed E-state index contributed by atoms with van der Waals surface area (Å²) < 4.78 is 10.8. The summed E-state index contributed by atoms with van der Waals surface area (Å²) in [5, 5.41) is 19.6. The molecule has 2 N–H and O–H groups in total. The number of aliphatic hydroxyl groups is 2. The molecule has 1 aliphatic carbocycles. The molecule has 3 aliphatic heterocycles. The topological polar surface area (TPSA) is 58.9 Å². The molecular weight excluding hydrogens is 184 g/mol. The first kappa shape index (κ1) is 8.85. The van der Waals surface area contributed by atoms with Crippen molar-refractivity contribution in [1.29, 1.82) is 0 Å². The Labute approximate surface area is 82.1 Å².